The first-order chi connectivity index (χ1) is 11.6. The van der Waals surface area contributed by atoms with Crippen molar-refractivity contribution in [3.8, 4) is 0 Å². The minimum atomic E-state index is -0.398. The van der Waals surface area contributed by atoms with Gasteiger partial charge in [-0.15, -0.1) is 11.3 Å². The monoisotopic (exact) mass is 367 g/mol. The van der Waals surface area contributed by atoms with Gasteiger partial charge in [-0.25, -0.2) is 4.98 Å². The Morgan fingerprint density at radius 1 is 1.50 bits per heavy atom. The minimum Gasteiger partial charge on any atom is -0.467 e. The third-order valence-electron chi connectivity index (χ3n) is 3.90. The number of furan rings is 1. The molecule has 0 amide bonds. The molecule has 24 heavy (non-hydrogen) atoms. The molecule has 3 aromatic rings. The first-order valence-corrected chi connectivity index (χ1v) is 8.94. The molecule has 0 aliphatic heterocycles. The summed E-state index contributed by atoms with van der Waals surface area (Å²) in [5.74, 6) is 0.842. The summed E-state index contributed by atoms with van der Waals surface area (Å²) in [6.07, 6.45) is 2.66. The van der Waals surface area contributed by atoms with Crippen molar-refractivity contribution in [3.05, 3.63) is 45.8 Å². The van der Waals surface area contributed by atoms with Gasteiger partial charge in [-0.2, -0.15) is 0 Å². The highest BCUT2D eigenvalue weighted by Crippen LogP contribution is 2.37. The van der Waals surface area contributed by atoms with E-state index < -0.39 is 6.67 Å². The van der Waals surface area contributed by atoms with Crippen molar-refractivity contribution in [2.24, 2.45) is 5.73 Å². The van der Waals surface area contributed by atoms with Crippen molar-refractivity contribution in [2.75, 3.05) is 12.0 Å². The molecule has 0 aliphatic rings. The summed E-state index contributed by atoms with van der Waals surface area (Å²) in [6.45, 7) is 2.18. The van der Waals surface area contributed by atoms with Crippen molar-refractivity contribution in [1.29, 1.82) is 0 Å². The molecule has 3 rings (SSSR count). The number of nitrogens with two attached hydrogens (primary N) is 1. The molecule has 0 fully saturated rings. The average Bonchev–Trinajstić information content (AvgIpc) is 3.15. The smallest absolute Gasteiger partial charge is 0.131 e. The number of nitrogens with zero attached hydrogens (tertiary/aromatic N) is 1. The number of anilines is 1. The number of pyridine rings is 1. The molecule has 0 bridgehead atoms. The van der Waals surface area contributed by atoms with Crippen molar-refractivity contribution in [1.82, 2.24) is 4.98 Å². The predicted octanol–water partition coefficient (Wildman–Crippen LogP) is 4.69. The molecule has 1 atom stereocenters. The molecule has 0 aliphatic carbocycles. The molecule has 3 N–H and O–H groups in total. The van der Waals surface area contributed by atoms with Gasteiger partial charge in [-0.3, -0.25) is 4.39 Å². The summed E-state index contributed by atoms with van der Waals surface area (Å²) < 4.78 is 18.9. The zero-order chi connectivity index (χ0) is 17.1. The Labute approximate surface area is 148 Å². The van der Waals surface area contributed by atoms with Crippen LogP contribution in [0.15, 0.2) is 28.9 Å². The molecular formula is C17H19ClFN3OS. The summed E-state index contributed by atoms with van der Waals surface area (Å²) in [6, 6.07) is 5.39. The molecule has 0 unspecified atom stereocenters. The van der Waals surface area contributed by atoms with Crippen molar-refractivity contribution >= 4 is 38.8 Å². The summed E-state index contributed by atoms with van der Waals surface area (Å²) in [7, 11) is 0. The van der Waals surface area contributed by atoms with Crippen LogP contribution in [0, 0.1) is 6.92 Å². The number of aryl methyl sites for hydroxylation is 1. The highest BCUT2D eigenvalue weighted by molar-refractivity contribution is 7.19. The third-order valence-corrected chi connectivity index (χ3v) is 5.43. The van der Waals surface area contributed by atoms with Crippen LogP contribution in [0.5, 0.6) is 0 Å². The highest BCUT2D eigenvalue weighted by atomic mass is 35.5. The number of fused-ring (bicyclic) bond motifs is 1. The van der Waals surface area contributed by atoms with Crippen LogP contribution in [-0.2, 0) is 13.0 Å². The third kappa shape index (κ3) is 3.71. The van der Waals surface area contributed by atoms with Gasteiger partial charge in [-0.1, -0.05) is 11.6 Å². The number of halogens is 2. The van der Waals surface area contributed by atoms with E-state index in [4.69, 9.17) is 21.8 Å². The van der Waals surface area contributed by atoms with E-state index in [1.165, 1.54) is 0 Å². The quantitative estimate of drug-likeness (QED) is 0.594. The van der Waals surface area contributed by atoms with E-state index in [0.717, 1.165) is 32.1 Å². The van der Waals surface area contributed by atoms with Gasteiger partial charge in [-0.05, 0) is 37.5 Å². The van der Waals surface area contributed by atoms with Crippen LogP contribution in [0.1, 0.15) is 22.6 Å². The summed E-state index contributed by atoms with van der Waals surface area (Å²) in [5.41, 5.74) is 8.84. The molecule has 3 heterocycles. The number of aromatic nitrogens is 1. The zero-order valence-corrected chi connectivity index (χ0v) is 14.9. The molecule has 0 aromatic carbocycles. The van der Waals surface area contributed by atoms with E-state index in [-0.39, 0.29) is 6.04 Å². The second kappa shape index (κ2) is 7.51. The van der Waals surface area contributed by atoms with E-state index in [1.54, 1.807) is 17.6 Å². The van der Waals surface area contributed by atoms with E-state index in [9.17, 15) is 4.39 Å². The number of nitrogens with one attached hydrogen (secondary N) is 1. The first-order valence-electron chi connectivity index (χ1n) is 7.74. The molecule has 0 saturated carbocycles. The lowest BCUT2D eigenvalue weighted by atomic mass is 10.1. The lowest BCUT2D eigenvalue weighted by Gasteiger charge is -2.07. The maximum absolute atomic E-state index is 12.5. The van der Waals surface area contributed by atoms with Crippen LogP contribution in [0.3, 0.4) is 0 Å². The van der Waals surface area contributed by atoms with Gasteiger partial charge in [0.25, 0.3) is 0 Å². The van der Waals surface area contributed by atoms with Crippen molar-refractivity contribution in [3.63, 3.8) is 0 Å². The Morgan fingerprint density at radius 2 is 2.33 bits per heavy atom. The molecule has 0 radical (unpaired) electrons. The maximum Gasteiger partial charge on any atom is 0.131 e. The van der Waals surface area contributed by atoms with Crippen LogP contribution in [-0.4, -0.2) is 17.7 Å². The zero-order valence-electron chi connectivity index (χ0n) is 13.3. The largest absolute Gasteiger partial charge is 0.467 e. The Balaban J connectivity index is 1.91. The van der Waals surface area contributed by atoms with Gasteiger partial charge in [0, 0.05) is 17.0 Å². The number of rotatable bonds is 7. The number of hydrogen-bond acceptors (Lipinski definition) is 5. The van der Waals surface area contributed by atoms with Gasteiger partial charge in [0.1, 0.15) is 10.9 Å². The van der Waals surface area contributed by atoms with Gasteiger partial charge in [0.15, 0.2) is 0 Å². The molecule has 7 heteroatoms. The second-order valence-corrected chi connectivity index (χ2v) is 7.19. The van der Waals surface area contributed by atoms with Crippen molar-refractivity contribution < 1.29 is 8.81 Å². The van der Waals surface area contributed by atoms with E-state index in [0.29, 0.717) is 24.5 Å². The average molecular weight is 368 g/mol. The molecule has 128 valence electrons. The minimum absolute atomic E-state index is 0.184. The Bertz CT molecular complexity index is 819. The van der Waals surface area contributed by atoms with E-state index >= 15 is 0 Å². The van der Waals surface area contributed by atoms with Crippen LogP contribution < -0.4 is 11.1 Å². The second-order valence-electron chi connectivity index (χ2n) is 5.70. The van der Waals surface area contributed by atoms with Crippen molar-refractivity contribution in [2.45, 2.75) is 32.4 Å². The van der Waals surface area contributed by atoms with E-state index in [2.05, 4.69) is 10.3 Å². The van der Waals surface area contributed by atoms with E-state index in [1.807, 2.05) is 25.1 Å². The van der Waals surface area contributed by atoms with Gasteiger partial charge < -0.3 is 15.5 Å². The van der Waals surface area contributed by atoms with Gasteiger partial charge in [0.05, 0.1) is 35.4 Å². The standard InChI is InChI=1S/C17H19ClFN3OS/c1-10-14(7-11(20)4-5-19)24-17-13(8-15(18)22-16(10)17)21-9-12-3-2-6-23-12/h2-3,6,8,11H,4-5,7,9,20H2,1H3,(H,21,22)/t11-/m0/s1. The first kappa shape index (κ1) is 17.2. The number of alkyl halides is 1. The Hall–Kier alpha value is -1.63. The molecule has 0 spiro atoms. The predicted molar refractivity (Wildman–Crippen MR) is 97.7 cm³/mol. The fourth-order valence-electron chi connectivity index (χ4n) is 2.59. The molecular weight excluding hydrogens is 349 g/mol. The lowest BCUT2D eigenvalue weighted by molar-refractivity contribution is 0.436. The molecule has 0 saturated heterocycles. The van der Waals surface area contributed by atoms with Crippen LogP contribution >= 0.6 is 22.9 Å². The SMILES string of the molecule is Cc1c(C[C@@H](N)CCF)sc2c(NCc3ccco3)cc(Cl)nc12. The van der Waals surface area contributed by atoms with Crippen LogP contribution in [0.25, 0.3) is 10.2 Å². The number of hydrogen-bond donors (Lipinski definition) is 2. The van der Waals surface area contributed by atoms with Crippen LogP contribution in [0.2, 0.25) is 5.15 Å². The maximum atomic E-state index is 12.5. The summed E-state index contributed by atoms with van der Waals surface area (Å²) in [4.78, 5) is 5.58. The lowest BCUT2D eigenvalue weighted by Crippen LogP contribution is -2.23. The topological polar surface area (TPSA) is 64.1 Å². The fraction of sp³-hybridized carbons (Fsp3) is 0.353. The summed E-state index contributed by atoms with van der Waals surface area (Å²) in [5, 5.41) is 3.79. The van der Waals surface area contributed by atoms with Crippen LogP contribution in [0.4, 0.5) is 10.1 Å². The van der Waals surface area contributed by atoms with Gasteiger partial charge in [0.2, 0.25) is 0 Å². The Morgan fingerprint density at radius 3 is 3.04 bits per heavy atom. The number of thiophene rings is 1. The summed E-state index contributed by atoms with van der Waals surface area (Å²) >= 11 is 7.81. The Kier molecular flexibility index (Phi) is 5.38. The molecule has 3 aromatic heterocycles. The molecule has 4 nitrogen and oxygen atoms in total. The van der Waals surface area contributed by atoms with Gasteiger partial charge >= 0.3 is 0 Å². The fourth-order valence-corrected chi connectivity index (χ4v) is 4.12. The highest BCUT2D eigenvalue weighted by Gasteiger charge is 2.16. The normalized spacial score (nSPS) is 12.7.